The molecule has 8 heteroatoms. The highest BCUT2D eigenvalue weighted by Gasteiger charge is 2.01. The molecule has 1 N–H and O–H groups in total. The fourth-order valence-corrected chi connectivity index (χ4v) is 1.61. The van der Waals surface area contributed by atoms with Gasteiger partial charge in [-0.25, -0.2) is 0 Å². The van der Waals surface area contributed by atoms with Gasteiger partial charge in [-0.05, 0) is 12.1 Å². The monoisotopic (exact) mass is 291 g/mol. The lowest BCUT2D eigenvalue weighted by Gasteiger charge is -2.03. The normalized spacial score (nSPS) is 11.7. The molecule has 3 aromatic rings. The Morgan fingerprint density at radius 1 is 0.955 bits per heavy atom. The summed E-state index contributed by atoms with van der Waals surface area (Å²) in [5.41, 5.74) is 5.39. The van der Waals surface area contributed by atoms with Crippen molar-refractivity contribution in [2.75, 3.05) is 0 Å². The van der Waals surface area contributed by atoms with E-state index < -0.39 is 0 Å². The van der Waals surface area contributed by atoms with Crippen molar-refractivity contribution in [2.45, 2.75) is 0 Å². The van der Waals surface area contributed by atoms with Crippen LogP contribution in [0, 0.1) is 0 Å². The van der Waals surface area contributed by atoms with Crippen LogP contribution < -0.4 is 0 Å². The first kappa shape index (κ1) is 13.6. The smallest absolute Gasteiger partial charge is 0.187 e. The SMILES string of the molecule is c1ccc(N=N/C(=N\[N-]c2nn[nH]n2)c2ccccc2)cc1. The van der Waals surface area contributed by atoms with E-state index in [0.29, 0.717) is 5.84 Å². The first-order chi connectivity index (χ1) is 10.9. The first-order valence-corrected chi connectivity index (χ1v) is 6.46. The number of hydrogen-bond donors (Lipinski definition) is 1. The molecule has 0 fully saturated rings. The Kier molecular flexibility index (Phi) is 4.22. The van der Waals surface area contributed by atoms with Gasteiger partial charge in [-0.1, -0.05) is 48.5 Å². The number of aromatic amines is 1. The molecule has 108 valence electrons. The summed E-state index contributed by atoms with van der Waals surface area (Å²) >= 11 is 0. The highest BCUT2D eigenvalue weighted by atomic mass is 15.5. The second kappa shape index (κ2) is 6.84. The third-order valence-electron chi connectivity index (χ3n) is 2.62. The van der Waals surface area contributed by atoms with Crippen LogP contribution in [-0.4, -0.2) is 26.5 Å². The van der Waals surface area contributed by atoms with Crippen LogP contribution in [0.2, 0.25) is 0 Å². The number of hydrogen-bond acceptors (Lipinski definition) is 5. The van der Waals surface area contributed by atoms with E-state index >= 15 is 0 Å². The van der Waals surface area contributed by atoms with Gasteiger partial charge in [0.1, 0.15) is 0 Å². The van der Waals surface area contributed by atoms with E-state index in [1.807, 2.05) is 60.7 Å². The van der Waals surface area contributed by atoms with Crippen LogP contribution in [0.15, 0.2) is 76.0 Å². The molecule has 1 heterocycles. The van der Waals surface area contributed by atoms with Gasteiger partial charge in [0.15, 0.2) is 5.84 Å². The Hall–Kier alpha value is -3.42. The highest BCUT2D eigenvalue weighted by Crippen LogP contribution is 2.15. The van der Waals surface area contributed by atoms with Crippen LogP contribution in [0.1, 0.15) is 5.56 Å². The van der Waals surface area contributed by atoms with Gasteiger partial charge in [-0.2, -0.15) is 5.10 Å². The topological polar surface area (TPSA) is 106 Å². The predicted octanol–water partition coefficient (Wildman–Crippen LogP) is 3.35. The number of amidine groups is 1. The summed E-state index contributed by atoms with van der Waals surface area (Å²) in [6.45, 7) is 0. The molecule has 1 aromatic heterocycles. The molecule has 3 rings (SSSR count). The summed E-state index contributed by atoms with van der Waals surface area (Å²) in [7, 11) is 0. The summed E-state index contributed by atoms with van der Waals surface area (Å²) in [6.07, 6.45) is 0. The number of benzene rings is 2. The van der Waals surface area contributed by atoms with Crippen LogP contribution in [0.4, 0.5) is 11.6 Å². The molecule has 22 heavy (non-hydrogen) atoms. The van der Waals surface area contributed by atoms with Crippen molar-refractivity contribution in [2.24, 2.45) is 15.3 Å². The first-order valence-electron chi connectivity index (χ1n) is 6.46. The van der Waals surface area contributed by atoms with Crippen molar-refractivity contribution in [3.8, 4) is 0 Å². The van der Waals surface area contributed by atoms with Crippen molar-refractivity contribution in [1.29, 1.82) is 0 Å². The molecular weight excluding hydrogens is 280 g/mol. The minimum absolute atomic E-state index is 0.128. The minimum atomic E-state index is 0.128. The largest absolute Gasteiger partial charge is 0.277 e. The lowest BCUT2D eigenvalue weighted by Crippen LogP contribution is -1.95. The molecule has 8 nitrogen and oxygen atoms in total. The maximum Gasteiger partial charge on any atom is 0.187 e. The Bertz CT molecular complexity index is 750. The molecule has 0 spiro atoms. The fraction of sp³-hybridized carbons (Fsp3) is 0. The van der Waals surface area contributed by atoms with Crippen LogP contribution >= 0.6 is 0 Å². The van der Waals surface area contributed by atoms with Crippen molar-refractivity contribution >= 4 is 17.5 Å². The molecule has 0 radical (unpaired) electrons. The van der Waals surface area contributed by atoms with Gasteiger partial charge < -0.3 is 0 Å². The number of tetrazole rings is 1. The van der Waals surface area contributed by atoms with Crippen molar-refractivity contribution in [1.82, 2.24) is 20.6 Å². The number of H-pyrrole nitrogens is 1. The average Bonchev–Trinajstić information content (AvgIpc) is 3.10. The zero-order chi connectivity index (χ0) is 15.0. The fourth-order valence-electron chi connectivity index (χ4n) is 1.61. The molecule has 2 aromatic carbocycles. The van der Waals surface area contributed by atoms with E-state index in [1.165, 1.54) is 0 Å². The molecule has 0 saturated carbocycles. The van der Waals surface area contributed by atoms with Gasteiger partial charge in [-0.15, -0.1) is 15.4 Å². The van der Waals surface area contributed by atoms with Gasteiger partial charge in [0.2, 0.25) is 0 Å². The standard InChI is InChI=1S/C14H11N8/c1-3-7-11(8-4-1)13(17-18-14-19-21-22-20-14)16-15-12-9-5-2-6-10-12/h1-10H,(H-,18,19,20,21,22)/q-1/b16-15?,17-13-. The number of nitrogens with one attached hydrogen (secondary N) is 1. The highest BCUT2D eigenvalue weighted by molar-refractivity contribution is 5.99. The van der Waals surface area contributed by atoms with Gasteiger partial charge in [0.05, 0.1) is 11.6 Å². The van der Waals surface area contributed by atoms with Crippen LogP contribution in [0.5, 0.6) is 0 Å². The second-order valence-electron chi connectivity index (χ2n) is 4.14. The third-order valence-corrected chi connectivity index (χ3v) is 2.62. The quantitative estimate of drug-likeness (QED) is 0.345. The van der Waals surface area contributed by atoms with E-state index in [4.69, 9.17) is 0 Å². The average molecular weight is 291 g/mol. The van der Waals surface area contributed by atoms with E-state index in [9.17, 15) is 0 Å². The summed E-state index contributed by atoms with van der Waals surface area (Å²) in [4.78, 5) is 0. The van der Waals surface area contributed by atoms with Gasteiger partial charge in [-0.3, -0.25) is 20.8 Å². The number of rotatable bonds is 4. The molecule has 0 saturated heterocycles. The van der Waals surface area contributed by atoms with Crippen molar-refractivity contribution in [3.63, 3.8) is 0 Å². The lowest BCUT2D eigenvalue weighted by molar-refractivity contribution is 0.881. The Morgan fingerprint density at radius 2 is 1.68 bits per heavy atom. The van der Waals surface area contributed by atoms with Crippen LogP contribution in [-0.2, 0) is 0 Å². The molecule has 0 amide bonds. The van der Waals surface area contributed by atoms with E-state index in [2.05, 4.69) is 41.4 Å². The Labute approximate surface area is 126 Å². The second-order valence-corrected chi connectivity index (χ2v) is 4.14. The van der Waals surface area contributed by atoms with Gasteiger partial charge in [0, 0.05) is 5.56 Å². The van der Waals surface area contributed by atoms with E-state index in [0.717, 1.165) is 11.3 Å². The Balaban J connectivity index is 1.86. The van der Waals surface area contributed by atoms with Crippen LogP contribution in [0.3, 0.4) is 0 Å². The summed E-state index contributed by atoms with van der Waals surface area (Å²) < 4.78 is 0. The predicted molar refractivity (Wildman–Crippen MR) is 81.1 cm³/mol. The molecule has 0 aliphatic rings. The molecule has 0 bridgehead atoms. The minimum Gasteiger partial charge on any atom is -0.277 e. The summed E-state index contributed by atoms with van der Waals surface area (Å²) in [5, 5.41) is 25.5. The molecule has 0 aliphatic carbocycles. The summed E-state index contributed by atoms with van der Waals surface area (Å²) in [6, 6.07) is 18.8. The van der Waals surface area contributed by atoms with E-state index in [1.54, 1.807) is 0 Å². The third kappa shape index (κ3) is 3.57. The zero-order valence-corrected chi connectivity index (χ0v) is 11.4. The molecule has 0 unspecified atom stereocenters. The van der Waals surface area contributed by atoms with E-state index in [-0.39, 0.29) is 5.95 Å². The number of aromatic nitrogens is 4. The van der Waals surface area contributed by atoms with Crippen molar-refractivity contribution in [3.05, 3.63) is 71.7 Å². The molecular formula is C14H11N8-. The summed E-state index contributed by atoms with van der Waals surface area (Å²) in [5.74, 6) is 0.484. The maximum absolute atomic E-state index is 4.16. The zero-order valence-electron chi connectivity index (χ0n) is 11.4. The lowest BCUT2D eigenvalue weighted by atomic mass is 10.2. The Morgan fingerprint density at radius 3 is 2.36 bits per heavy atom. The number of azo groups is 1. The van der Waals surface area contributed by atoms with Gasteiger partial charge >= 0.3 is 0 Å². The number of nitrogens with zero attached hydrogens (tertiary/aromatic N) is 7. The van der Waals surface area contributed by atoms with Crippen molar-refractivity contribution < 1.29 is 0 Å². The van der Waals surface area contributed by atoms with Crippen LogP contribution in [0.25, 0.3) is 5.43 Å². The maximum atomic E-state index is 4.16. The molecule has 0 atom stereocenters. The molecule has 0 aliphatic heterocycles. The van der Waals surface area contributed by atoms with Gasteiger partial charge in [0.25, 0.3) is 0 Å².